The number of pyridine rings is 1. The lowest BCUT2D eigenvalue weighted by atomic mass is 10.1. The van der Waals surface area contributed by atoms with E-state index in [2.05, 4.69) is 10.3 Å². The SMILES string of the molecule is CCCCOC(=O)N1CCN(C(=O)[C@H](CCC(=O)OCCOCC)NC(=O)c2cc(OCC(=O)N3CC[C@@H](O)C3)c3ccc(C)cc3n2)CC1. The molecule has 2 aromatic rings. The van der Waals surface area contributed by atoms with Crippen molar-refractivity contribution >= 4 is 40.7 Å². The molecular formula is C35H49N5O10. The first-order valence-corrected chi connectivity index (χ1v) is 17.3. The second-order valence-corrected chi connectivity index (χ2v) is 12.4. The van der Waals surface area contributed by atoms with Gasteiger partial charge in [0.2, 0.25) is 5.91 Å². The minimum atomic E-state index is -1.10. The number of piperazine rings is 1. The number of carbonyl (C=O) groups excluding carboxylic acids is 5. The smallest absolute Gasteiger partial charge is 0.409 e. The molecule has 1 aromatic carbocycles. The van der Waals surface area contributed by atoms with E-state index in [4.69, 9.17) is 18.9 Å². The molecule has 0 unspecified atom stereocenters. The van der Waals surface area contributed by atoms with Gasteiger partial charge in [-0.3, -0.25) is 19.2 Å². The summed E-state index contributed by atoms with van der Waals surface area (Å²) in [6.45, 7) is 8.18. The van der Waals surface area contributed by atoms with Gasteiger partial charge in [0.05, 0.1) is 24.8 Å². The fourth-order valence-corrected chi connectivity index (χ4v) is 5.65. The number of aryl methyl sites for hydroxylation is 1. The largest absolute Gasteiger partial charge is 0.483 e. The molecule has 15 heteroatoms. The van der Waals surface area contributed by atoms with Crippen molar-refractivity contribution in [3.8, 4) is 5.75 Å². The molecule has 2 atom stereocenters. The van der Waals surface area contributed by atoms with Gasteiger partial charge < -0.3 is 44.1 Å². The van der Waals surface area contributed by atoms with Crippen LogP contribution in [0.4, 0.5) is 4.79 Å². The number of fused-ring (bicyclic) bond motifs is 1. The molecule has 15 nitrogen and oxygen atoms in total. The van der Waals surface area contributed by atoms with Crippen LogP contribution in [0, 0.1) is 6.92 Å². The maximum atomic E-state index is 13.8. The van der Waals surface area contributed by atoms with Gasteiger partial charge in [-0.1, -0.05) is 19.4 Å². The van der Waals surface area contributed by atoms with Crippen molar-refractivity contribution in [3.05, 3.63) is 35.5 Å². The average Bonchev–Trinajstić information content (AvgIpc) is 3.56. The Morgan fingerprint density at radius 3 is 2.42 bits per heavy atom. The highest BCUT2D eigenvalue weighted by atomic mass is 16.6. The van der Waals surface area contributed by atoms with Crippen molar-refractivity contribution in [2.24, 2.45) is 0 Å². The molecule has 4 amide bonds. The molecule has 2 aliphatic rings. The quantitative estimate of drug-likeness (QED) is 0.194. The van der Waals surface area contributed by atoms with Crippen molar-refractivity contribution in [2.45, 2.75) is 65.0 Å². The third-order valence-corrected chi connectivity index (χ3v) is 8.54. The normalized spacial score (nSPS) is 16.6. The number of nitrogens with zero attached hydrogens (tertiary/aromatic N) is 4. The third kappa shape index (κ3) is 11.0. The number of nitrogens with one attached hydrogen (secondary N) is 1. The number of amides is 4. The second kappa shape index (κ2) is 19.0. The number of hydrogen-bond acceptors (Lipinski definition) is 11. The summed E-state index contributed by atoms with van der Waals surface area (Å²) in [6.07, 6.45) is 0.987. The maximum absolute atomic E-state index is 13.8. The molecule has 3 heterocycles. The summed E-state index contributed by atoms with van der Waals surface area (Å²) in [7, 11) is 0. The molecular weight excluding hydrogens is 650 g/mol. The van der Waals surface area contributed by atoms with E-state index in [9.17, 15) is 29.1 Å². The first kappa shape index (κ1) is 38.3. The first-order chi connectivity index (χ1) is 24.1. The number of β-amino-alcohol motifs (C(OH)–C–C–N with tert-alkyl or cyclic N) is 1. The van der Waals surface area contributed by atoms with E-state index < -0.39 is 36.0 Å². The summed E-state index contributed by atoms with van der Waals surface area (Å²) < 4.78 is 21.7. The monoisotopic (exact) mass is 699 g/mol. The van der Waals surface area contributed by atoms with Crippen molar-refractivity contribution in [3.63, 3.8) is 0 Å². The highest BCUT2D eigenvalue weighted by Gasteiger charge is 2.32. The van der Waals surface area contributed by atoms with Crippen molar-refractivity contribution < 1.29 is 48.0 Å². The molecule has 0 radical (unpaired) electrons. The van der Waals surface area contributed by atoms with E-state index in [-0.39, 0.29) is 82.7 Å². The van der Waals surface area contributed by atoms with Crippen LogP contribution in [-0.2, 0) is 28.6 Å². The van der Waals surface area contributed by atoms with Gasteiger partial charge >= 0.3 is 12.1 Å². The number of aliphatic hydroxyl groups excluding tert-OH is 1. The first-order valence-electron chi connectivity index (χ1n) is 17.3. The number of benzene rings is 1. The van der Waals surface area contributed by atoms with Gasteiger partial charge in [-0.05, 0) is 50.8 Å². The Kier molecular flexibility index (Phi) is 14.6. The highest BCUT2D eigenvalue weighted by molar-refractivity contribution is 5.99. The predicted molar refractivity (Wildman–Crippen MR) is 182 cm³/mol. The third-order valence-electron chi connectivity index (χ3n) is 8.54. The number of rotatable bonds is 16. The van der Waals surface area contributed by atoms with Crippen LogP contribution in [0.3, 0.4) is 0 Å². The molecule has 50 heavy (non-hydrogen) atoms. The van der Waals surface area contributed by atoms with Crippen molar-refractivity contribution in [1.29, 1.82) is 0 Å². The Bertz CT molecular complexity index is 1500. The summed E-state index contributed by atoms with van der Waals surface area (Å²) in [5.74, 6) is -1.66. The lowest BCUT2D eigenvalue weighted by molar-refractivity contribution is -0.145. The minimum Gasteiger partial charge on any atom is -0.483 e. The topological polar surface area (TPSA) is 177 Å². The lowest BCUT2D eigenvalue weighted by Gasteiger charge is -2.36. The molecule has 0 aliphatic carbocycles. The average molecular weight is 700 g/mol. The number of ether oxygens (including phenoxy) is 4. The van der Waals surface area contributed by atoms with Crippen LogP contribution < -0.4 is 10.1 Å². The fourth-order valence-electron chi connectivity index (χ4n) is 5.65. The Hall–Kier alpha value is -4.50. The fraction of sp³-hybridized carbons (Fsp3) is 0.600. The van der Waals surface area contributed by atoms with Crippen LogP contribution in [0.15, 0.2) is 24.3 Å². The summed E-state index contributed by atoms with van der Waals surface area (Å²) >= 11 is 0. The van der Waals surface area contributed by atoms with Gasteiger partial charge in [0, 0.05) is 63.7 Å². The number of aromatic nitrogens is 1. The van der Waals surface area contributed by atoms with Crippen molar-refractivity contribution in [2.75, 3.05) is 72.3 Å². The lowest BCUT2D eigenvalue weighted by Crippen LogP contribution is -2.56. The van der Waals surface area contributed by atoms with E-state index in [0.717, 1.165) is 18.4 Å². The second-order valence-electron chi connectivity index (χ2n) is 12.4. The number of unbranched alkanes of at least 4 members (excludes halogenated alkanes) is 1. The molecule has 2 N–H and O–H groups in total. The Labute approximate surface area is 292 Å². The zero-order valence-electron chi connectivity index (χ0n) is 29.2. The number of aliphatic hydroxyl groups is 1. The van der Waals surface area contributed by atoms with Gasteiger partial charge in [0.1, 0.15) is 24.1 Å². The van der Waals surface area contributed by atoms with Gasteiger partial charge in [-0.25, -0.2) is 9.78 Å². The molecule has 2 aliphatic heterocycles. The summed E-state index contributed by atoms with van der Waals surface area (Å²) in [5, 5.41) is 13.2. The van der Waals surface area contributed by atoms with Crippen molar-refractivity contribution in [1.82, 2.24) is 25.0 Å². The van der Waals surface area contributed by atoms with Crippen LogP contribution in [0.5, 0.6) is 5.75 Å². The Balaban J connectivity index is 1.48. The van der Waals surface area contributed by atoms with Gasteiger partial charge in [-0.15, -0.1) is 0 Å². The van der Waals surface area contributed by atoms with Gasteiger partial charge in [0.25, 0.3) is 11.8 Å². The number of carbonyl (C=O) groups is 5. The number of esters is 1. The van der Waals surface area contributed by atoms with E-state index in [1.807, 2.05) is 26.8 Å². The van der Waals surface area contributed by atoms with Crippen LogP contribution in [0.2, 0.25) is 0 Å². The molecule has 0 bridgehead atoms. The van der Waals surface area contributed by atoms with Gasteiger partial charge in [0.15, 0.2) is 6.61 Å². The van der Waals surface area contributed by atoms with Crippen LogP contribution in [0.1, 0.15) is 62.0 Å². The molecule has 2 fully saturated rings. The zero-order chi connectivity index (χ0) is 36.0. The van der Waals surface area contributed by atoms with Crippen LogP contribution >= 0.6 is 0 Å². The molecule has 4 rings (SSSR count). The summed E-state index contributed by atoms with van der Waals surface area (Å²) in [4.78, 5) is 74.4. The highest BCUT2D eigenvalue weighted by Crippen LogP contribution is 2.27. The summed E-state index contributed by atoms with van der Waals surface area (Å²) in [5.41, 5.74) is 1.30. The Morgan fingerprint density at radius 2 is 1.72 bits per heavy atom. The minimum absolute atomic E-state index is 0.0381. The van der Waals surface area contributed by atoms with E-state index >= 15 is 0 Å². The molecule has 1 aromatic heterocycles. The van der Waals surface area contributed by atoms with E-state index in [0.29, 0.717) is 37.1 Å². The van der Waals surface area contributed by atoms with Crippen LogP contribution in [0.25, 0.3) is 10.9 Å². The van der Waals surface area contributed by atoms with E-state index in [1.165, 1.54) is 11.0 Å². The van der Waals surface area contributed by atoms with Crippen LogP contribution in [-0.4, -0.2) is 139 Å². The summed E-state index contributed by atoms with van der Waals surface area (Å²) in [6, 6.07) is 5.76. The zero-order valence-corrected chi connectivity index (χ0v) is 29.2. The maximum Gasteiger partial charge on any atom is 0.409 e. The number of likely N-dealkylation sites (tertiary alicyclic amines) is 1. The molecule has 0 spiro atoms. The molecule has 0 saturated carbocycles. The predicted octanol–water partition coefficient (Wildman–Crippen LogP) is 2.05. The molecule has 2 saturated heterocycles. The number of hydrogen-bond donors (Lipinski definition) is 2. The van der Waals surface area contributed by atoms with Gasteiger partial charge in [-0.2, -0.15) is 0 Å². The molecule has 274 valence electrons. The van der Waals surface area contributed by atoms with E-state index in [1.54, 1.807) is 21.9 Å². The Morgan fingerprint density at radius 1 is 0.960 bits per heavy atom. The standard InChI is InChI=1S/C35H49N5O10/c1-4-6-17-49-35(46)39-15-13-38(14-16-39)34(45)27(9-10-32(43)48-19-18-47-5-2)37-33(44)29-21-30(26-8-7-24(3)20-28(26)36-29)50-23-31(42)40-12-11-25(41)22-40/h7-8,20-21,25,27,41H,4-6,9-19,22-23H2,1-3H3,(H,37,44)/t25-,27+/m1/s1.